The Bertz CT molecular complexity index is 856. The molecular weight excluding hydrogens is 297 g/mol. The summed E-state index contributed by atoms with van der Waals surface area (Å²) in [6, 6.07) is 4.77. The van der Waals surface area contributed by atoms with Gasteiger partial charge in [0.25, 0.3) is 0 Å². The number of halogens is 1. The second-order valence-corrected chi connectivity index (χ2v) is 6.78. The van der Waals surface area contributed by atoms with Crippen LogP contribution in [0.2, 0.25) is 0 Å². The van der Waals surface area contributed by atoms with E-state index in [0.29, 0.717) is 0 Å². The zero-order valence-electron chi connectivity index (χ0n) is 12.3. The molecular formula is C17H16FN3S. The second-order valence-electron chi connectivity index (χ2n) is 5.70. The smallest absolute Gasteiger partial charge is 0.142 e. The lowest BCUT2D eigenvalue weighted by atomic mass is 9.97. The lowest BCUT2D eigenvalue weighted by Crippen LogP contribution is -2.01. The Morgan fingerprint density at radius 2 is 2.05 bits per heavy atom. The summed E-state index contributed by atoms with van der Waals surface area (Å²) in [4.78, 5) is 11.3. The van der Waals surface area contributed by atoms with Crippen molar-refractivity contribution in [3.05, 3.63) is 46.3 Å². The fourth-order valence-corrected chi connectivity index (χ4v) is 4.27. The molecule has 1 N–H and O–H groups in total. The van der Waals surface area contributed by atoms with Crippen LogP contribution in [0.1, 0.15) is 28.8 Å². The van der Waals surface area contributed by atoms with Crippen LogP contribution in [-0.4, -0.2) is 9.97 Å². The van der Waals surface area contributed by atoms with Crippen LogP contribution in [0.4, 0.5) is 15.9 Å². The van der Waals surface area contributed by atoms with E-state index >= 15 is 0 Å². The number of aryl methyl sites for hydroxylation is 3. The van der Waals surface area contributed by atoms with E-state index in [-0.39, 0.29) is 5.82 Å². The number of nitrogens with one attached hydrogen (secondary N) is 1. The molecule has 5 heteroatoms. The molecule has 0 radical (unpaired) electrons. The molecule has 1 aliphatic rings. The van der Waals surface area contributed by atoms with Crippen molar-refractivity contribution < 1.29 is 4.39 Å². The van der Waals surface area contributed by atoms with E-state index in [0.717, 1.165) is 40.1 Å². The largest absolute Gasteiger partial charge is 0.339 e. The van der Waals surface area contributed by atoms with Crippen molar-refractivity contribution in [1.82, 2.24) is 9.97 Å². The molecule has 0 spiro atoms. The van der Waals surface area contributed by atoms with Crippen molar-refractivity contribution in [2.45, 2.75) is 32.6 Å². The van der Waals surface area contributed by atoms with Crippen LogP contribution in [0.3, 0.4) is 0 Å². The van der Waals surface area contributed by atoms with Gasteiger partial charge >= 0.3 is 0 Å². The summed E-state index contributed by atoms with van der Waals surface area (Å²) < 4.78 is 13.5. The van der Waals surface area contributed by atoms with Crippen LogP contribution in [0.5, 0.6) is 0 Å². The number of hydrogen-bond donors (Lipinski definition) is 1. The highest BCUT2D eigenvalue weighted by atomic mass is 32.1. The highest BCUT2D eigenvalue weighted by Gasteiger charge is 2.20. The van der Waals surface area contributed by atoms with Crippen LogP contribution in [0.25, 0.3) is 10.2 Å². The number of nitrogens with zero attached hydrogens (tertiary/aromatic N) is 2. The molecule has 3 aromatic rings. The van der Waals surface area contributed by atoms with Gasteiger partial charge in [-0.05, 0) is 55.9 Å². The topological polar surface area (TPSA) is 37.8 Å². The minimum atomic E-state index is -0.245. The highest BCUT2D eigenvalue weighted by molar-refractivity contribution is 7.19. The summed E-state index contributed by atoms with van der Waals surface area (Å²) in [5.74, 6) is 0.545. The Hall–Kier alpha value is -2.01. The molecule has 1 aromatic carbocycles. The molecule has 3 nitrogen and oxygen atoms in total. The SMILES string of the molecule is Cc1ccc(F)cc1Nc1ncnc2sc3c(c12)CCCC3. The van der Waals surface area contributed by atoms with Gasteiger partial charge in [0.15, 0.2) is 0 Å². The maximum atomic E-state index is 13.5. The first kappa shape index (κ1) is 13.6. The summed E-state index contributed by atoms with van der Waals surface area (Å²) in [5, 5.41) is 4.42. The van der Waals surface area contributed by atoms with E-state index in [4.69, 9.17) is 0 Å². The van der Waals surface area contributed by atoms with Crippen LogP contribution < -0.4 is 5.32 Å². The first-order valence-corrected chi connectivity index (χ1v) is 8.32. The standard InChI is InChI=1S/C17H16FN3S/c1-10-6-7-11(18)8-13(10)21-16-15-12-4-2-3-5-14(12)22-17(15)20-9-19-16/h6-9H,2-5H2,1H3,(H,19,20,21). The lowest BCUT2D eigenvalue weighted by molar-refractivity contribution is 0.628. The fourth-order valence-electron chi connectivity index (χ4n) is 3.04. The minimum absolute atomic E-state index is 0.245. The number of fused-ring (bicyclic) bond motifs is 3. The molecule has 0 saturated heterocycles. The Morgan fingerprint density at radius 3 is 2.95 bits per heavy atom. The third-order valence-corrected chi connectivity index (χ3v) is 5.40. The predicted molar refractivity (Wildman–Crippen MR) is 88.5 cm³/mol. The molecule has 0 amide bonds. The Morgan fingerprint density at radius 1 is 1.18 bits per heavy atom. The summed E-state index contributed by atoms with van der Waals surface area (Å²) in [5.41, 5.74) is 3.14. The van der Waals surface area contributed by atoms with Crippen molar-refractivity contribution in [3.63, 3.8) is 0 Å². The third-order valence-electron chi connectivity index (χ3n) is 4.20. The molecule has 0 fully saturated rings. The maximum absolute atomic E-state index is 13.5. The molecule has 0 atom stereocenters. The molecule has 0 bridgehead atoms. The summed E-state index contributed by atoms with van der Waals surface area (Å²) >= 11 is 1.77. The zero-order valence-corrected chi connectivity index (χ0v) is 13.1. The number of benzene rings is 1. The molecule has 0 saturated carbocycles. The normalized spacial score (nSPS) is 14.1. The average molecular weight is 313 g/mol. The first-order chi connectivity index (χ1) is 10.7. The average Bonchev–Trinajstić information content (AvgIpc) is 2.90. The van der Waals surface area contributed by atoms with Crippen molar-refractivity contribution in [1.29, 1.82) is 0 Å². The minimum Gasteiger partial charge on any atom is -0.339 e. The van der Waals surface area contributed by atoms with Gasteiger partial charge in [-0.1, -0.05) is 6.07 Å². The van der Waals surface area contributed by atoms with Gasteiger partial charge in [0.05, 0.1) is 5.39 Å². The summed E-state index contributed by atoms with van der Waals surface area (Å²) in [7, 11) is 0. The molecule has 112 valence electrons. The number of rotatable bonds is 2. The maximum Gasteiger partial charge on any atom is 0.142 e. The number of anilines is 2. The van der Waals surface area contributed by atoms with E-state index in [9.17, 15) is 4.39 Å². The molecule has 1 aliphatic carbocycles. The van der Waals surface area contributed by atoms with Gasteiger partial charge in [0.2, 0.25) is 0 Å². The Balaban J connectivity index is 1.84. The Kier molecular flexibility index (Phi) is 3.30. The second kappa shape index (κ2) is 5.32. The van der Waals surface area contributed by atoms with Crippen LogP contribution in [0, 0.1) is 12.7 Å². The van der Waals surface area contributed by atoms with Crippen molar-refractivity contribution in [2.75, 3.05) is 5.32 Å². The first-order valence-electron chi connectivity index (χ1n) is 7.51. The van der Waals surface area contributed by atoms with Gasteiger partial charge in [0, 0.05) is 10.6 Å². The van der Waals surface area contributed by atoms with Crippen LogP contribution in [0.15, 0.2) is 24.5 Å². The van der Waals surface area contributed by atoms with Crippen molar-refractivity contribution >= 4 is 33.1 Å². The van der Waals surface area contributed by atoms with Crippen molar-refractivity contribution in [3.8, 4) is 0 Å². The van der Waals surface area contributed by atoms with Crippen LogP contribution >= 0.6 is 11.3 Å². The molecule has 0 unspecified atom stereocenters. The Labute approximate surface area is 132 Å². The molecule has 2 heterocycles. The van der Waals surface area contributed by atoms with E-state index in [1.165, 1.54) is 35.4 Å². The van der Waals surface area contributed by atoms with Gasteiger partial charge in [-0.2, -0.15) is 0 Å². The van der Waals surface area contributed by atoms with Crippen molar-refractivity contribution in [2.24, 2.45) is 0 Å². The lowest BCUT2D eigenvalue weighted by Gasteiger charge is -2.13. The van der Waals surface area contributed by atoms with Crippen LogP contribution in [-0.2, 0) is 12.8 Å². The third kappa shape index (κ3) is 2.25. The number of aromatic nitrogens is 2. The van der Waals surface area contributed by atoms with E-state index in [1.807, 2.05) is 6.92 Å². The van der Waals surface area contributed by atoms with Gasteiger partial charge < -0.3 is 5.32 Å². The summed E-state index contributed by atoms with van der Waals surface area (Å²) in [6.45, 7) is 1.96. The number of thiophene rings is 1. The zero-order chi connectivity index (χ0) is 15.1. The quantitative estimate of drug-likeness (QED) is 0.741. The van der Waals surface area contributed by atoms with Gasteiger partial charge in [0.1, 0.15) is 22.8 Å². The molecule has 4 rings (SSSR count). The van der Waals surface area contributed by atoms with Gasteiger partial charge in [-0.3, -0.25) is 0 Å². The summed E-state index contributed by atoms with van der Waals surface area (Å²) in [6.07, 6.45) is 6.26. The molecule has 22 heavy (non-hydrogen) atoms. The van der Waals surface area contributed by atoms with E-state index in [1.54, 1.807) is 23.7 Å². The number of hydrogen-bond acceptors (Lipinski definition) is 4. The van der Waals surface area contributed by atoms with Gasteiger partial charge in [-0.25, -0.2) is 14.4 Å². The highest BCUT2D eigenvalue weighted by Crippen LogP contribution is 2.39. The van der Waals surface area contributed by atoms with Gasteiger partial charge in [-0.15, -0.1) is 11.3 Å². The fraction of sp³-hybridized carbons (Fsp3) is 0.294. The predicted octanol–water partition coefficient (Wildman–Crippen LogP) is 4.76. The molecule has 0 aliphatic heterocycles. The van der Waals surface area contributed by atoms with E-state index < -0.39 is 0 Å². The van der Waals surface area contributed by atoms with E-state index in [2.05, 4.69) is 15.3 Å². The monoisotopic (exact) mass is 313 g/mol. The molecule has 2 aromatic heterocycles.